The second-order valence-electron chi connectivity index (χ2n) is 18.3. The van der Waals surface area contributed by atoms with Gasteiger partial charge in [-0.3, -0.25) is 10.1 Å². The van der Waals surface area contributed by atoms with Crippen molar-refractivity contribution in [1.82, 2.24) is 9.80 Å². The number of anilines is 3. The van der Waals surface area contributed by atoms with Gasteiger partial charge < -0.3 is 35.6 Å². The molecule has 2 aliphatic heterocycles. The lowest BCUT2D eigenvalue weighted by Crippen LogP contribution is -2.36. The number of carbonyl (C=O) groups is 2. The van der Waals surface area contributed by atoms with Gasteiger partial charge in [0.05, 0.1) is 4.92 Å². The molecule has 89 heavy (non-hydrogen) atoms. The molecule has 428 valence electrons. The number of nitrogens with zero attached hydrogens (tertiary/aromatic N) is 3. The number of nitrogens with two attached hydrogens (primary N) is 1. The van der Waals surface area contributed by atoms with Crippen molar-refractivity contribution in [2.75, 3.05) is 42.5 Å². The third-order valence-electron chi connectivity index (χ3n) is 9.12. The van der Waals surface area contributed by atoms with E-state index >= 15 is 0 Å². The number of amides is 2. The highest BCUT2D eigenvalue weighted by molar-refractivity contribution is 5.69. The monoisotopic (exact) mass is 1160 g/mol. The molecule has 12 heteroatoms. The highest BCUT2D eigenvalue weighted by Crippen LogP contribution is 2.23. The van der Waals surface area contributed by atoms with Gasteiger partial charge in [-0.1, -0.05) is 29.9 Å². The van der Waals surface area contributed by atoms with Gasteiger partial charge in [-0.05, 0) is 289 Å². The molecule has 4 N–H and O–H groups in total. The molecule has 2 aliphatic rings. The van der Waals surface area contributed by atoms with E-state index in [4.69, 9.17) is 21.6 Å². The number of carbonyl (C=O) groups excluding carboxylic acids is 2. The zero-order valence-electron chi connectivity index (χ0n) is 50.5. The predicted molar refractivity (Wildman–Crippen MR) is 353 cm³/mol. The van der Waals surface area contributed by atoms with E-state index < -0.39 is 16.1 Å². The standard InChI is InChI=1S/C24H6.C23H4.C15H21N3O4.C15H23N3O2/c1-3-5-7-9-11-13-15-17-19-21-23-24-22-20-18-16-14-12-10-8-6-4-2;1-3-5-7-9-11-13-15-17-19-21-23-22-20-18-16-14-12-10-8-6-4-2;1-15(2,3)22-14(19)17-8-7-12(10-17)16-11-5-4-6-13(9-11)18(20)21;1-15(2,3)20-14(19)18-8-7-13(10-18)17-12-6-4-5-11(16)9-12/h1-2H3;1H,2H3;4-6,9,12,16H,7-8,10H2,1-3H3;4-6,9,13,17H,7-8,10,16H2,1-3H3. The molecule has 2 amide bonds. The van der Waals surface area contributed by atoms with E-state index in [0.29, 0.717) is 25.3 Å². The lowest BCUT2D eigenvalue weighted by Gasteiger charge is -2.24. The topological polar surface area (TPSA) is 152 Å². The second-order valence-corrected chi connectivity index (χ2v) is 18.3. The van der Waals surface area contributed by atoms with Crippen molar-refractivity contribution >= 4 is 34.9 Å². The van der Waals surface area contributed by atoms with Gasteiger partial charge in [-0.15, -0.1) is 6.42 Å². The van der Waals surface area contributed by atoms with E-state index in [9.17, 15) is 19.7 Å². The summed E-state index contributed by atoms with van der Waals surface area (Å²) in [5, 5.41) is 17.4. The van der Waals surface area contributed by atoms with Crippen molar-refractivity contribution in [3.05, 3.63) is 58.6 Å². The van der Waals surface area contributed by atoms with Gasteiger partial charge in [0.1, 0.15) is 11.2 Å². The van der Waals surface area contributed by atoms with E-state index in [-0.39, 0.29) is 30.0 Å². The van der Waals surface area contributed by atoms with Crippen LogP contribution in [-0.2, 0) is 9.47 Å². The summed E-state index contributed by atoms with van der Waals surface area (Å²) in [6.07, 6.45) is 6.03. The predicted octanol–water partition coefficient (Wildman–Crippen LogP) is 7.44. The number of non-ortho nitro benzene ring substituents is 1. The van der Waals surface area contributed by atoms with Crippen LogP contribution < -0.4 is 16.4 Å². The van der Waals surface area contributed by atoms with Crippen molar-refractivity contribution in [3.63, 3.8) is 0 Å². The fourth-order valence-electron chi connectivity index (χ4n) is 5.87. The molecule has 0 radical (unpaired) electrons. The van der Waals surface area contributed by atoms with Crippen molar-refractivity contribution < 1.29 is 24.0 Å². The van der Waals surface area contributed by atoms with Crippen LogP contribution in [0, 0.1) is 271 Å². The number of benzene rings is 2. The van der Waals surface area contributed by atoms with E-state index in [2.05, 4.69) is 265 Å². The maximum absolute atomic E-state index is 12.0. The quantitative estimate of drug-likeness (QED) is 0.120. The molecule has 0 aromatic heterocycles. The van der Waals surface area contributed by atoms with Gasteiger partial charge in [0.15, 0.2) is 0 Å². The summed E-state index contributed by atoms with van der Waals surface area (Å²) in [7, 11) is 0. The van der Waals surface area contributed by atoms with Crippen LogP contribution >= 0.6 is 0 Å². The first-order chi connectivity index (χ1) is 42.9. The van der Waals surface area contributed by atoms with Gasteiger partial charge in [0.2, 0.25) is 0 Å². The number of hydrogen-bond donors (Lipinski definition) is 3. The first kappa shape index (κ1) is 73.1. The average molecular weight is 1160 g/mol. The number of nitro benzene ring substituents is 1. The number of likely N-dealkylation sites (tertiary alicyclic amines) is 2. The molecule has 0 bridgehead atoms. The Balaban J connectivity index is 0.000000594. The Kier molecular flexibility index (Phi) is 38.3. The second kappa shape index (κ2) is 46.7. The Hall–Kier alpha value is -13.9. The Labute approximate surface area is 526 Å². The van der Waals surface area contributed by atoms with Crippen molar-refractivity contribution in [3.8, 4) is 261 Å². The molecule has 2 heterocycles. The fraction of sp³-hybridized carbons (Fsp3) is 0.247. The number of terminal acetylenes is 1. The minimum absolute atomic E-state index is 0.0481. The maximum atomic E-state index is 12.0. The molecule has 12 nitrogen and oxygen atoms in total. The smallest absolute Gasteiger partial charge is 0.410 e. The van der Waals surface area contributed by atoms with Gasteiger partial charge in [-0.25, -0.2) is 9.59 Å². The van der Waals surface area contributed by atoms with Gasteiger partial charge in [0.25, 0.3) is 5.69 Å². The van der Waals surface area contributed by atoms with Gasteiger partial charge in [-0.2, -0.15) is 0 Å². The first-order valence-corrected chi connectivity index (χ1v) is 26.2. The third-order valence-corrected chi connectivity index (χ3v) is 9.12. The highest BCUT2D eigenvalue weighted by atomic mass is 16.6. The molecule has 4 rings (SSSR count). The number of rotatable bonds is 5. The summed E-state index contributed by atoms with van der Waals surface area (Å²) in [5.74, 6) is 108. The number of hydrogen-bond acceptors (Lipinski definition) is 9. The lowest BCUT2D eigenvalue weighted by atomic mass is 10.2. The highest BCUT2D eigenvalue weighted by Gasteiger charge is 2.31. The number of nitrogens with one attached hydrogen (secondary N) is 2. The van der Waals surface area contributed by atoms with E-state index in [1.807, 2.05) is 65.8 Å². The molecule has 2 unspecified atom stereocenters. The summed E-state index contributed by atoms with van der Waals surface area (Å²) >= 11 is 0. The third kappa shape index (κ3) is 42.6. The fourth-order valence-corrected chi connectivity index (χ4v) is 5.87. The maximum Gasteiger partial charge on any atom is 0.410 e. The Morgan fingerprint density at radius 2 is 0.742 bits per heavy atom. The largest absolute Gasteiger partial charge is 0.444 e. The zero-order chi connectivity index (χ0) is 65.5. The van der Waals surface area contributed by atoms with Gasteiger partial charge in [0, 0.05) is 115 Å². The SMILES string of the molecule is C#CC#CC#CC#CC#CC#CC#CC#CC#CC#CC#CC.CC#CC#CC#CC#CC#CC#CC#CC#CC#CC#CC#CC.CC(C)(C)OC(=O)N1CCC(Nc2cccc(N)c2)C1.CC(C)(C)OC(=O)N1CCC(Nc2cccc([N+](=O)[O-])c2)C1. The summed E-state index contributed by atoms with van der Waals surface area (Å²) in [4.78, 5) is 37.7. The number of nitro groups is 1. The molecule has 2 aromatic carbocycles. The Morgan fingerprint density at radius 1 is 0.472 bits per heavy atom. The Morgan fingerprint density at radius 3 is 1.00 bits per heavy atom. The Bertz CT molecular complexity index is 4350. The number of nitrogen functional groups attached to an aromatic ring is 1. The average Bonchev–Trinajstić information content (AvgIpc) is 2.67. The van der Waals surface area contributed by atoms with E-state index in [0.717, 1.165) is 30.8 Å². The zero-order valence-corrected chi connectivity index (χ0v) is 50.5. The summed E-state index contributed by atoms with van der Waals surface area (Å²) < 4.78 is 10.7. The molecule has 0 spiro atoms. The van der Waals surface area contributed by atoms with Crippen LogP contribution in [0.3, 0.4) is 0 Å². The van der Waals surface area contributed by atoms with Crippen LogP contribution in [0.25, 0.3) is 0 Å². The first-order valence-electron chi connectivity index (χ1n) is 26.2. The molecular formula is C77H54N6O6. The minimum Gasteiger partial charge on any atom is -0.444 e. The molecule has 2 aromatic rings. The number of ether oxygens (including phenoxy) is 2. The molecule has 2 fully saturated rings. The van der Waals surface area contributed by atoms with Crippen molar-refractivity contribution in [2.24, 2.45) is 0 Å². The van der Waals surface area contributed by atoms with E-state index in [1.54, 1.807) is 42.7 Å². The normalized spacial score (nSPS) is 10.8. The van der Waals surface area contributed by atoms with Gasteiger partial charge >= 0.3 is 12.2 Å². The minimum atomic E-state index is -0.511. The molecular weight excluding hydrogens is 1100 g/mol. The van der Waals surface area contributed by atoms with Crippen LogP contribution in [0.2, 0.25) is 0 Å². The lowest BCUT2D eigenvalue weighted by molar-refractivity contribution is -0.384. The summed E-state index contributed by atoms with van der Waals surface area (Å²) in [6, 6.07) is 14.3. The summed E-state index contributed by atoms with van der Waals surface area (Å²) in [6.45, 7) is 18.7. The van der Waals surface area contributed by atoms with Crippen LogP contribution in [0.15, 0.2) is 48.5 Å². The molecule has 2 saturated heterocycles. The van der Waals surface area contributed by atoms with Crippen LogP contribution in [0.1, 0.15) is 75.2 Å². The van der Waals surface area contributed by atoms with Crippen molar-refractivity contribution in [1.29, 1.82) is 0 Å². The van der Waals surface area contributed by atoms with Crippen LogP contribution in [0.5, 0.6) is 0 Å². The van der Waals surface area contributed by atoms with Crippen molar-refractivity contribution in [2.45, 2.75) is 98.4 Å². The van der Waals surface area contributed by atoms with Crippen LogP contribution in [0.4, 0.5) is 32.3 Å². The molecule has 0 saturated carbocycles. The summed E-state index contributed by atoms with van der Waals surface area (Å²) in [5.41, 5.74) is 7.25. The molecule has 0 aliphatic carbocycles. The van der Waals surface area contributed by atoms with E-state index in [1.165, 1.54) is 12.1 Å². The van der Waals surface area contributed by atoms with Crippen LogP contribution in [-0.4, -0.2) is 76.4 Å². The molecule has 2 atom stereocenters.